The molecule has 0 saturated carbocycles. The van der Waals surface area contributed by atoms with E-state index in [2.05, 4.69) is 11.0 Å². The van der Waals surface area contributed by atoms with Gasteiger partial charge >= 0.3 is 0 Å². The first-order valence-electron chi connectivity index (χ1n) is 10.6. The van der Waals surface area contributed by atoms with Crippen molar-refractivity contribution < 1.29 is 13.2 Å². The van der Waals surface area contributed by atoms with E-state index >= 15 is 0 Å². The summed E-state index contributed by atoms with van der Waals surface area (Å²) < 4.78 is 26.6. The smallest absolute Gasteiger partial charge is 0.240 e. The summed E-state index contributed by atoms with van der Waals surface area (Å²) in [5.74, 6) is 1.09. The average molecular weight is 398 g/mol. The predicted octanol–water partition coefficient (Wildman–Crippen LogP) is 2.29. The van der Waals surface area contributed by atoms with Crippen LogP contribution < -0.4 is 0 Å². The number of amides is 1. The standard InChI is InChI=1S/C20H35N3O3S/c1-17(2)16-27(25,26)22-11-6-10-21(13-14-22)15-20(24)23-12-5-8-18-7-3-4-9-19(18)23/h9,17-18H,3-8,10-16H2,1-2H3. The Labute approximate surface area is 164 Å². The Morgan fingerprint density at radius 2 is 1.85 bits per heavy atom. The van der Waals surface area contributed by atoms with Crippen molar-refractivity contribution in [1.82, 2.24) is 14.1 Å². The van der Waals surface area contributed by atoms with E-state index in [-0.39, 0.29) is 17.6 Å². The highest BCUT2D eigenvalue weighted by atomic mass is 32.2. The SMILES string of the molecule is CC(C)CS(=O)(=O)N1CCCN(CC(=O)N2CCCC3CCCC=C32)CC1. The second-order valence-electron chi connectivity index (χ2n) is 8.65. The summed E-state index contributed by atoms with van der Waals surface area (Å²) in [6, 6.07) is 0. The van der Waals surface area contributed by atoms with Crippen molar-refractivity contribution in [1.29, 1.82) is 0 Å². The van der Waals surface area contributed by atoms with E-state index in [1.54, 1.807) is 4.31 Å². The molecular weight excluding hydrogens is 362 g/mol. The topological polar surface area (TPSA) is 60.9 Å². The molecule has 0 aromatic rings. The number of fused-ring (bicyclic) bond motifs is 1. The second kappa shape index (κ2) is 9.05. The highest BCUT2D eigenvalue weighted by Gasteiger charge is 2.32. The van der Waals surface area contributed by atoms with Crippen LogP contribution in [0.3, 0.4) is 0 Å². The van der Waals surface area contributed by atoms with Gasteiger partial charge in [-0.05, 0) is 56.9 Å². The maximum atomic E-state index is 13.0. The lowest BCUT2D eigenvalue weighted by atomic mass is 9.85. The van der Waals surface area contributed by atoms with Crippen LogP contribution >= 0.6 is 0 Å². The van der Waals surface area contributed by atoms with Crippen LogP contribution in [0.25, 0.3) is 0 Å². The van der Waals surface area contributed by atoms with Gasteiger partial charge in [0, 0.05) is 31.9 Å². The molecule has 0 aromatic carbocycles. The average Bonchev–Trinajstić information content (AvgIpc) is 2.86. The largest absolute Gasteiger partial charge is 0.315 e. The maximum Gasteiger partial charge on any atom is 0.240 e. The fourth-order valence-electron chi connectivity index (χ4n) is 4.63. The summed E-state index contributed by atoms with van der Waals surface area (Å²) in [4.78, 5) is 17.1. The van der Waals surface area contributed by atoms with Gasteiger partial charge in [-0.15, -0.1) is 0 Å². The number of nitrogens with zero attached hydrogens (tertiary/aromatic N) is 3. The maximum absolute atomic E-state index is 13.0. The molecule has 1 atom stereocenters. The Balaban J connectivity index is 1.57. The first-order chi connectivity index (χ1) is 12.9. The highest BCUT2D eigenvalue weighted by Crippen LogP contribution is 2.35. The van der Waals surface area contributed by atoms with Crippen molar-refractivity contribution in [3.8, 4) is 0 Å². The van der Waals surface area contributed by atoms with Crippen molar-refractivity contribution in [2.75, 3.05) is 45.0 Å². The fraction of sp³-hybridized carbons (Fsp3) is 0.850. The van der Waals surface area contributed by atoms with E-state index in [1.807, 2.05) is 18.7 Å². The summed E-state index contributed by atoms with van der Waals surface area (Å²) in [6.07, 6.45) is 8.90. The Morgan fingerprint density at radius 3 is 2.63 bits per heavy atom. The third-order valence-corrected chi connectivity index (χ3v) is 8.16. The third kappa shape index (κ3) is 5.33. The van der Waals surface area contributed by atoms with E-state index in [4.69, 9.17) is 0 Å². The van der Waals surface area contributed by atoms with Crippen LogP contribution in [0.4, 0.5) is 0 Å². The van der Waals surface area contributed by atoms with Gasteiger partial charge in [0.05, 0.1) is 12.3 Å². The van der Waals surface area contributed by atoms with E-state index in [0.717, 1.165) is 32.4 Å². The van der Waals surface area contributed by atoms with Crippen LogP contribution in [0.15, 0.2) is 11.8 Å². The van der Waals surface area contributed by atoms with Crippen LogP contribution in [0.2, 0.25) is 0 Å². The Bertz CT molecular complexity index is 659. The molecule has 2 saturated heterocycles. The van der Waals surface area contributed by atoms with Crippen LogP contribution in [0, 0.1) is 11.8 Å². The van der Waals surface area contributed by atoms with Gasteiger partial charge in [-0.25, -0.2) is 12.7 Å². The minimum absolute atomic E-state index is 0.131. The fourth-order valence-corrected chi connectivity index (χ4v) is 6.45. The molecule has 3 rings (SSSR count). The van der Waals surface area contributed by atoms with Crippen molar-refractivity contribution in [3.05, 3.63) is 11.8 Å². The molecule has 6 nitrogen and oxygen atoms in total. The first kappa shape index (κ1) is 20.8. The van der Waals surface area contributed by atoms with Crippen molar-refractivity contribution in [2.24, 2.45) is 11.8 Å². The van der Waals surface area contributed by atoms with Gasteiger partial charge < -0.3 is 4.90 Å². The quantitative estimate of drug-likeness (QED) is 0.714. The number of allylic oxidation sites excluding steroid dienone is 2. The summed E-state index contributed by atoms with van der Waals surface area (Å²) >= 11 is 0. The zero-order valence-electron chi connectivity index (χ0n) is 16.9. The second-order valence-corrected chi connectivity index (χ2v) is 10.7. The molecule has 0 aromatic heterocycles. The Hall–Kier alpha value is -0.920. The molecule has 1 aliphatic carbocycles. The Kier molecular flexibility index (Phi) is 6.98. The normalized spacial score (nSPS) is 25.8. The van der Waals surface area contributed by atoms with E-state index < -0.39 is 10.0 Å². The molecule has 2 fully saturated rings. The van der Waals surface area contributed by atoms with Gasteiger partial charge in [-0.1, -0.05) is 19.9 Å². The summed E-state index contributed by atoms with van der Waals surface area (Å²) in [5, 5.41) is 0. The molecule has 7 heteroatoms. The van der Waals surface area contributed by atoms with Crippen LogP contribution in [-0.4, -0.2) is 73.5 Å². The zero-order chi connectivity index (χ0) is 19.4. The van der Waals surface area contributed by atoms with E-state index in [1.165, 1.54) is 25.0 Å². The number of likely N-dealkylation sites (tertiary alicyclic amines) is 1. The van der Waals surface area contributed by atoms with E-state index in [0.29, 0.717) is 32.1 Å². The molecule has 1 amide bonds. The van der Waals surface area contributed by atoms with Crippen LogP contribution in [0.5, 0.6) is 0 Å². The molecule has 0 N–H and O–H groups in total. The van der Waals surface area contributed by atoms with Gasteiger partial charge in [-0.2, -0.15) is 0 Å². The Morgan fingerprint density at radius 1 is 1.07 bits per heavy atom. The molecule has 0 bridgehead atoms. The van der Waals surface area contributed by atoms with Crippen molar-refractivity contribution in [2.45, 2.75) is 52.4 Å². The zero-order valence-corrected chi connectivity index (χ0v) is 17.7. The molecule has 2 heterocycles. The molecular formula is C20H35N3O3S. The highest BCUT2D eigenvalue weighted by molar-refractivity contribution is 7.89. The lowest BCUT2D eigenvalue weighted by molar-refractivity contribution is -0.131. The molecule has 0 spiro atoms. The summed E-state index contributed by atoms with van der Waals surface area (Å²) in [7, 11) is -3.19. The summed E-state index contributed by atoms with van der Waals surface area (Å²) in [5.41, 5.74) is 1.26. The third-order valence-electron chi connectivity index (χ3n) is 5.92. The predicted molar refractivity (Wildman–Crippen MR) is 108 cm³/mol. The molecule has 2 aliphatic heterocycles. The number of hydrogen-bond acceptors (Lipinski definition) is 4. The van der Waals surface area contributed by atoms with Gasteiger partial charge in [0.15, 0.2) is 0 Å². The van der Waals surface area contributed by atoms with Gasteiger partial charge in [0.2, 0.25) is 15.9 Å². The molecule has 1 unspecified atom stereocenters. The van der Waals surface area contributed by atoms with Crippen molar-refractivity contribution in [3.63, 3.8) is 0 Å². The van der Waals surface area contributed by atoms with Crippen LogP contribution in [-0.2, 0) is 14.8 Å². The molecule has 154 valence electrons. The summed E-state index contributed by atoms with van der Waals surface area (Å²) in [6.45, 7) is 7.60. The minimum atomic E-state index is -3.19. The van der Waals surface area contributed by atoms with Gasteiger partial charge in [0.25, 0.3) is 0 Å². The molecule has 3 aliphatic rings. The lowest BCUT2D eigenvalue weighted by Gasteiger charge is -2.38. The molecule has 27 heavy (non-hydrogen) atoms. The minimum Gasteiger partial charge on any atom is -0.315 e. The van der Waals surface area contributed by atoms with Gasteiger partial charge in [-0.3, -0.25) is 9.69 Å². The van der Waals surface area contributed by atoms with Gasteiger partial charge in [0.1, 0.15) is 0 Å². The number of hydrogen-bond donors (Lipinski definition) is 0. The number of carbonyl (C=O) groups is 1. The lowest BCUT2D eigenvalue weighted by Crippen LogP contribution is -2.45. The van der Waals surface area contributed by atoms with Crippen molar-refractivity contribution >= 4 is 15.9 Å². The first-order valence-corrected chi connectivity index (χ1v) is 12.2. The number of carbonyl (C=O) groups excluding carboxylic acids is 1. The molecule has 0 radical (unpaired) electrons. The number of rotatable bonds is 5. The van der Waals surface area contributed by atoms with Crippen LogP contribution in [0.1, 0.15) is 52.4 Å². The number of sulfonamides is 1. The monoisotopic (exact) mass is 397 g/mol. The number of piperidine rings is 1. The van der Waals surface area contributed by atoms with E-state index in [9.17, 15) is 13.2 Å².